The first-order chi connectivity index (χ1) is 14.7. The van der Waals surface area contributed by atoms with E-state index in [1.807, 2.05) is 78.9 Å². The molecule has 0 saturated heterocycles. The van der Waals surface area contributed by atoms with Crippen LogP contribution in [0.5, 0.6) is 0 Å². The van der Waals surface area contributed by atoms with Crippen molar-refractivity contribution in [3.05, 3.63) is 107 Å². The van der Waals surface area contributed by atoms with Crippen LogP contribution in [0.2, 0.25) is 0 Å². The molecule has 0 bridgehead atoms. The molecule has 4 nitrogen and oxygen atoms in total. The standard InChI is InChI=1S/C26H22N2O2/c29-23-13-7-12-21-24(23)25(17-8-3-1-4-9-17)28-20-15-14-19(16-22(20)27-21)26(30)18-10-5-2-6-11-18/h1-6,8-11,14-16,25,27-28H,7,12-13H2/t25-/m0/s1. The van der Waals surface area contributed by atoms with E-state index in [2.05, 4.69) is 10.6 Å². The first-order valence-electron chi connectivity index (χ1n) is 10.3. The van der Waals surface area contributed by atoms with Gasteiger partial charge in [0.1, 0.15) is 0 Å². The number of Topliss-reactive ketones (excluding diaryl/α,β-unsaturated/α-hetero) is 1. The first kappa shape index (κ1) is 18.4. The Kier molecular flexibility index (Phi) is 4.68. The zero-order chi connectivity index (χ0) is 20.5. The van der Waals surface area contributed by atoms with E-state index in [-0.39, 0.29) is 17.6 Å². The molecule has 2 aliphatic rings. The van der Waals surface area contributed by atoms with E-state index in [9.17, 15) is 9.59 Å². The zero-order valence-corrected chi connectivity index (χ0v) is 16.5. The van der Waals surface area contributed by atoms with Crippen LogP contribution in [0.25, 0.3) is 0 Å². The number of ketones is 2. The van der Waals surface area contributed by atoms with Crippen LogP contribution in [-0.4, -0.2) is 11.6 Å². The summed E-state index contributed by atoms with van der Waals surface area (Å²) in [6.45, 7) is 0. The lowest BCUT2D eigenvalue weighted by Crippen LogP contribution is -2.23. The second-order valence-electron chi connectivity index (χ2n) is 7.74. The van der Waals surface area contributed by atoms with Crippen LogP contribution < -0.4 is 10.6 Å². The third kappa shape index (κ3) is 3.30. The molecule has 30 heavy (non-hydrogen) atoms. The highest BCUT2D eigenvalue weighted by atomic mass is 16.1. The van der Waals surface area contributed by atoms with Crippen LogP contribution in [-0.2, 0) is 4.79 Å². The quantitative estimate of drug-likeness (QED) is 0.576. The molecule has 4 heteroatoms. The van der Waals surface area contributed by atoms with E-state index < -0.39 is 0 Å². The van der Waals surface area contributed by atoms with Gasteiger partial charge in [-0.2, -0.15) is 0 Å². The molecular formula is C26H22N2O2. The Balaban J connectivity index is 1.58. The first-order valence-corrected chi connectivity index (χ1v) is 10.3. The van der Waals surface area contributed by atoms with Crippen molar-refractivity contribution in [2.24, 2.45) is 0 Å². The molecule has 5 rings (SSSR count). The summed E-state index contributed by atoms with van der Waals surface area (Å²) in [5, 5.41) is 7.04. The van der Waals surface area contributed by atoms with Gasteiger partial charge in [0.05, 0.1) is 17.4 Å². The van der Waals surface area contributed by atoms with Crippen molar-refractivity contribution in [3.8, 4) is 0 Å². The maximum atomic E-state index is 12.9. The third-order valence-electron chi connectivity index (χ3n) is 5.78. The van der Waals surface area contributed by atoms with Gasteiger partial charge in [0, 0.05) is 28.8 Å². The van der Waals surface area contributed by atoms with E-state index in [0.717, 1.165) is 41.1 Å². The Hall–Kier alpha value is -3.66. The number of rotatable bonds is 3. The lowest BCUT2D eigenvalue weighted by molar-refractivity contribution is -0.116. The highest BCUT2D eigenvalue weighted by Crippen LogP contribution is 2.40. The number of carbonyl (C=O) groups is 2. The van der Waals surface area contributed by atoms with E-state index in [0.29, 0.717) is 17.5 Å². The molecule has 1 atom stereocenters. The number of nitrogens with one attached hydrogen (secondary N) is 2. The van der Waals surface area contributed by atoms with Gasteiger partial charge in [-0.05, 0) is 36.6 Å². The smallest absolute Gasteiger partial charge is 0.193 e. The van der Waals surface area contributed by atoms with Crippen molar-refractivity contribution in [1.82, 2.24) is 0 Å². The molecule has 2 N–H and O–H groups in total. The van der Waals surface area contributed by atoms with Crippen molar-refractivity contribution in [1.29, 1.82) is 0 Å². The van der Waals surface area contributed by atoms with Gasteiger partial charge < -0.3 is 10.6 Å². The minimum atomic E-state index is -0.210. The topological polar surface area (TPSA) is 58.2 Å². The summed E-state index contributed by atoms with van der Waals surface area (Å²) in [5.74, 6) is 0.163. The van der Waals surface area contributed by atoms with Crippen molar-refractivity contribution < 1.29 is 9.59 Å². The number of hydrogen-bond acceptors (Lipinski definition) is 4. The third-order valence-corrected chi connectivity index (χ3v) is 5.78. The van der Waals surface area contributed by atoms with Crippen LogP contribution in [0.1, 0.15) is 46.8 Å². The second kappa shape index (κ2) is 7.64. The molecule has 1 aliphatic heterocycles. The van der Waals surface area contributed by atoms with Crippen molar-refractivity contribution >= 4 is 22.9 Å². The van der Waals surface area contributed by atoms with E-state index in [1.165, 1.54) is 0 Å². The Morgan fingerprint density at radius 3 is 2.30 bits per heavy atom. The zero-order valence-electron chi connectivity index (χ0n) is 16.5. The minimum absolute atomic E-state index is 0.0158. The summed E-state index contributed by atoms with van der Waals surface area (Å²) < 4.78 is 0. The SMILES string of the molecule is O=C1CCCC2=C1[C@H](c1ccccc1)Nc1ccc(C(=O)c3ccccc3)cc1N2. The van der Waals surface area contributed by atoms with Gasteiger partial charge in [0.15, 0.2) is 11.6 Å². The number of benzene rings is 3. The molecule has 0 fully saturated rings. The van der Waals surface area contributed by atoms with Gasteiger partial charge in [0.2, 0.25) is 0 Å². The Morgan fingerprint density at radius 2 is 1.53 bits per heavy atom. The fraction of sp³-hybridized carbons (Fsp3) is 0.154. The van der Waals surface area contributed by atoms with Crippen LogP contribution in [0.4, 0.5) is 11.4 Å². The molecule has 148 valence electrons. The van der Waals surface area contributed by atoms with Crippen LogP contribution >= 0.6 is 0 Å². The Bertz CT molecular complexity index is 1150. The summed E-state index contributed by atoms with van der Waals surface area (Å²) in [5.41, 5.74) is 5.81. The van der Waals surface area contributed by atoms with Crippen molar-refractivity contribution in [2.45, 2.75) is 25.3 Å². The molecule has 0 amide bonds. The normalized spacial score (nSPS) is 17.9. The van der Waals surface area contributed by atoms with E-state index >= 15 is 0 Å². The van der Waals surface area contributed by atoms with Gasteiger partial charge in [-0.15, -0.1) is 0 Å². The summed E-state index contributed by atoms with van der Waals surface area (Å²) in [6, 6.07) is 24.8. The lowest BCUT2D eigenvalue weighted by Gasteiger charge is -2.25. The van der Waals surface area contributed by atoms with Gasteiger partial charge >= 0.3 is 0 Å². The van der Waals surface area contributed by atoms with Gasteiger partial charge in [-0.3, -0.25) is 9.59 Å². The maximum absolute atomic E-state index is 12.9. The summed E-state index contributed by atoms with van der Waals surface area (Å²) >= 11 is 0. The number of allylic oxidation sites excluding steroid dienone is 1. The van der Waals surface area contributed by atoms with Gasteiger partial charge in [0.25, 0.3) is 0 Å². The minimum Gasteiger partial charge on any atom is -0.372 e. The highest BCUT2D eigenvalue weighted by molar-refractivity contribution is 6.10. The number of hydrogen-bond donors (Lipinski definition) is 2. The molecule has 3 aromatic rings. The number of anilines is 2. The maximum Gasteiger partial charge on any atom is 0.193 e. The molecule has 1 heterocycles. The monoisotopic (exact) mass is 394 g/mol. The average molecular weight is 394 g/mol. The fourth-order valence-corrected chi connectivity index (χ4v) is 4.29. The van der Waals surface area contributed by atoms with Crippen LogP contribution in [0.3, 0.4) is 0 Å². The molecule has 0 aromatic heterocycles. The van der Waals surface area contributed by atoms with Gasteiger partial charge in [-0.1, -0.05) is 60.7 Å². The molecule has 0 spiro atoms. The second-order valence-corrected chi connectivity index (χ2v) is 7.74. The van der Waals surface area contributed by atoms with Crippen molar-refractivity contribution in [3.63, 3.8) is 0 Å². The summed E-state index contributed by atoms with van der Waals surface area (Å²) in [4.78, 5) is 25.8. The number of fused-ring (bicyclic) bond motifs is 1. The number of carbonyl (C=O) groups excluding carboxylic acids is 2. The lowest BCUT2D eigenvalue weighted by atomic mass is 9.87. The fourth-order valence-electron chi connectivity index (χ4n) is 4.29. The van der Waals surface area contributed by atoms with E-state index in [1.54, 1.807) is 0 Å². The molecule has 0 saturated carbocycles. The van der Waals surface area contributed by atoms with Crippen LogP contribution in [0.15, 0.2) is 90.1 Å². The van der Waals surface area contributed by atoms with Crippen molar-refractivity contribution in [2.75, 3.05) is 10.6 Å². The predicted octanol–water partition coefficient (Wildman–Crippen LogP) is 5.50. The van der Waals surface area contributed by atoms with Gasteiger partial charge in [-0.25, -0.2) is 0 Å². The molecule has 1 aliphatic carbocycles. The summed E-state index contributed by atoms with van der Waals surface area (Å²) in [6.07, 6.45) is 2.23. The van der Waals surface area contributed by atoms with Crippen LogP contribution in [0, 0.1) is 0 Å². The largest absolute Gasteiger partial charge is 0.372 e. The Labute approximate surface area is 175 Å². The predicted molar refractivity (Wildman–Crippen MR) is 119 cm³/mol. The molecular weight excluding hydrogens is 372 g/mol. The average Bonchev–Trinajstić information content (AvgIpc) is 2.96. The highest BCUT2D eigenvalue weighted by Gasteiger charge is 2.32. The molecule has 3 aromatic carbocycles. The Morgan fingerprint density at radius 1 is 0.800 bits per heavy atom. The van der Waals surface area contributed by atoms with E-state index in [4.69, 9.17) is 0 Å². The summed E-state index contributed by atoms with van der Waals surface area (Å²) in [7, 11) is 0. The molecule has 0 unspecified atom stereocenters. The molecule has 0 radical (unpaired) electrons.